The van der Waals surface area contributed by atoms with Gasteiger partial charge in [-0.05, 0) is 36.6 Å². The molecule has 182 valence electrons. The van der Waals surface area contributed by atoms with Gasteiger partial charge >= 0.3 is 11.9 Å². The Kier molecular flexibility index (Phi) is 8.45. The molecular weight excluding hydrogens is 432 g/mol. The van der Waals surface area contributed by atoms with E-state index in [1.807, 2.05) is 57.2 Å². The van der Waals surface area contributed by atoms with Crippen LogP contribution in [0.15, 0.2) is 42.5 Å². The molecular formula is C27H35N2O5+. The number of ether oxygens (including phenoxy) is 2. The topological polar surface area (TPSA) is 81.7 Å². The number of amides is 1. The van der Waals surface area contributed by atoms with Crippen LogP contribution in [0.25, 0.3) is 0 Å². The summed E-state index contributed by atoms with van der Waals surface area (Å²) in [6, 6.07) is 12.8. The average Bonchev–Trinajstić information content (AvgIpc) is 3.28. The Bertz CT molecular complexity index is 1030. The van der Waals surface area contributed by atoms with Crippen molar-refractivity contribution in [3.05, 3.63) is 64.7 Å². The van der Waals surface area contributed by atoms with Gasteiger partial charge in [0.25, 0.3) is 5.91 Å². The van der Waals surface area contributed by atoms with E-state index >= 15 is 0 Å². The van der Waals surface area contributed by atoms with Crippen LogP contribution in [0.5, 0.6) is 0 Å². The van der Waals surface area contributed by atoms with Crippen LogP contribution in [0.2, 0.25) is 0 Å². The second-order valence-electron chi connectivity index (χ2n) is 9.09. The third-order valence-electron chi connectivity index (χ3n) is 6.63. The molecule has 1 atom stereocenters. The minimum atomic E-state index is -0.496. The molecule has 2 aromatic carbocycles. The molecule has 0 radical (unpaired) electrons. The van der Waals surface area contributed by atoms with Crippen LogP contribution >= 0.6 is 0 Å². The van der Waals surface area contributed by atoms with Crippen molar-refractivity contribution in [1.82, 2.24) is 0 Å². The molecule has 2 aromatic rings. The summed E-state index contributed by atoms with van der Waals surface area (Å²) in [5.74, 6) is -0.999. The molecule has 1 aliphatic heterocycles. The fraction of sp³-hybridized carbons (Fsp3) is 0.444. The van der Waals surface area contributed by atoms with Gasteiger partial charge in [0.1, 0.15) is 6.61 Å². The molecule has 1 heterocycles. The molecule has 0 saturated carbocycles. The monoisotopic (exact) mass is 467 g/mol. The quantitative estimate of drug-likeness (QED) is 0.442. The zero-order valence-electron chi connectivity index (χ0n) is 20.6. The summed E-state index contributed by atoms with van der Waals surface area (Å²) >= 11 is 0. The number of anilines is 1. The maximum atomic E-state index is 13.6. The van der Waals surface area contributed by atoms with Gasteiger partial charge in [0.2, 0.25) is 0 Å². The number of benzene rings is 2. The SMILES string of the molecule is CCC(C(=O)Nc1c(C)cc(C)cc1C(=O)OC)[N+]1(CC(=O)OCc2ccccc2)CCCC1. The van der Waals surface area contributed by atoms with E-state index in [1.54, 1.807) is 6.07 Å². The summed E-state index contributed by atoms with van der Waals surface area (Å²) in [4.78, 5) is 38.8. The molecule has 34 heavy (non-hydrogen) atoms. The fourth-order valence-corrected chi connectivity index (χ4v) is 5.02. The van der Waals surface area contributed by atoms with Crippen LogP contribution in [0, 0.1) is 13.8 Å². The van der Waals surface area contributed by atoms with Gasteiger partial charge in [-0.2, -0.15) is 0 Å². The van der Waals surface area contributed by atoms with Gasteiger partial charge in [-0.15, -0.1) is 0 Å². The van der Waals surface area contributed by atoms with Crippen molar-refractivity contribution in [3.8, 4) is 0 Å². The Morgan fingerprint density at radius 1 is 1.06 bits per heavy atom. The van der Waals surface area contributed by atoms with Crippen LogP contribution in [0.4, 0.5) is 5.69 Å². The Morgan fingerprint density at radius 2 is 1.74 bits per heavy atom. The van der Waals surface area contributed by atoms with Crippen LogP contribution in [0.1, 0.15) is 53.2 Å². The average molecular weight is 468 g/mol. The standard InChI is InChI=1S/C27H34N2O5/c1-5-23(26(31)28-25-20(3)15-19(2)16-22(25)27(32)33-4)29(13-9-10-14-29)17-24(30)34-18-21-11-7-6-8-12-21/h6-8,11-12,15-16,23H,5,9-10,13-14,17-18H2,1-4H3/p+1. The van der Waals surface area contributed by atoms with E-state index in [1.165, 1.54) is 7.11 Å². The van der Waals surface area contributed by atoms with Gasteiger partial charge in [0, 0.05) is 19.3 Å². The molecule has 1 aliphatic rings. The highest BCUT2D eigenvalue weighted by molar-refractivity contribution is 6.03. The lowest BCUT2D eigenvalue weighted by Crippen LogP contribution is -2.60. The largest absolute Gasteiger partial charge is 0.465 e. The predicted octanol–water partition coefficient (Wildman–Crippen LogP) is 4.16. The van der Waals surface area contributed by atoms with E-state index in [0.29, 0.717) is 22.2 Å². The lowest BCUT2D eigenvalue weighted by Gasteiger charge is -2.39. The Morgan fingerprint density at radius 3 is 2.35 bits per heavy atom. The minimum Gasteiger partial charge on any atom is -0.465 e. The molecule has 0 aromatic heterocycles. The number of aryl methyl sites for hydroxylation is 2. The third-order valence-corrected chi connectivity index (χ3v) is 6.63. The van der Waals surface area contributed by atoms with Crippen molar-refractivity contribution in [2.75, 3.05) is 32.1 Å². The number of rotatable bonds is 9. The molecule has 1 N–H and O–H groups in total. The van der Waals surface area contributed by atoms with Gasteiger partial charge < -0.3 is 19.3 Å². The lowest BCUT2D eigenvalue weighted by molar-refractivity contribution is -0.924. The number of esters is 2. The zero-order valence-corrected chi connectivity index (χ0v) is 20.6. The second kappa shape index (κ2) is 11.3. The van der Waals surface area contributed by atoms with Gasteiger partial charge in [-0.1, -0.05) is 43.3 Å². The van der Waals surface area contributed by atoms with E-state index in [-0.39, 0.29) is 25.0 Å². The van der Waals surface area contributed by atoms with Crippen molar-refractivity contribution in [1.29, 1.82) is 0 Å². The molecule has 1 unspecified atom stereocenters. The first-order valence-electron chi connectivity index (χ1n) is 11.9. The first-order chi connectivity index (χ1) is 16.3. The molecule has 1 fully saturated rings. The molecule has 0 bridgehead atoms. The summed E-state index contributed by atoms with van der Waals surface area (Å²) in [6.07, 6.45) is 2.47. The maximum absolute atomic E-state index is 13.6. The summed E-state index contributed by atoms with van der Waals surface area (Å²) in [5.41, 5.74) is 3.42. The Hall–Kier alpha value is -3.19. The highest BCUT2D eigenvalue weighted by atomic mass is 16.5. The van der Waals surface area contributed by atoms with Crippen LogP contribution in [0.3, 0.4) is 0 Å². The maximum Gasteiger partial charge on any atom is 0.362 e. The van der Waals surface area contributed by atoms with Crippen LogP contribution in [-0.4, -0.2) is 55.1 Å². The molecule has 1 saturated heterocycles. The highest BCUT2D eigenvalue weighted by Gasteiger charge is 2.45. The highest BCUT2D eigenvalue weighted by Crippen LogP contribution is 2.29. The summed E-state index contributed by atoms with van der Waals surface area (Å²) in [6.45, 7) is 7.55. The van der Waals surface area contributed by atoms with E-state index < -0.39 is 12.0 Å². The third kappa shape index (κ3) is 5.83. The van der Waals surface area contributed by atoms with Gasteiger partial charge in [-0.25, -0.2) is 9.59 Å². The number of carbonyl (C=O) groups excluding carboxylic acids is 3. The van der Waals surface area contributed by atoms with Crippen molar-refractivity contribution >= 4 is 23.5 Å². The molecule has 0 aliphatic carbocycles. The van der Waals surface area contributed by atoms with Crippen molar-refractivity contribution in [2.24, 2.45) is 0 Å². The normalized spacial score (nSPS) is 15.4. The lowest BCUT2D eigenvalue weighted by atomic mass is 10.0. The number of nitrogens with zero attached hydrogens (tertiary/aromatic N) is 1. The summed E-state index contributed by atoms with van der Waals surface area (Å²) < 4.78 is 10.9. The first kappa shape index (κ1) is 25.4. The number of methoxy groups -OCH3 is 1. The number of nitrogens with one attached hydrogen (secondary N) is 1. The Labute approximate surface area is 201 Å². The van der Waals surface area contributed by atoms with E-state index in [9.17, 15) is 14.4 Å². The second-order valence-corrected chi connectivity index (χ2v) is 9.09. The van der Waals surface area contributed by atoms with Gasteiger partial charge in [-0.3, -0.25) is 4.79 Å². The number of likely N-dealkylation sites (tertiary alicyclic amines) is 1. The van der Waals surface area contributed by atoms with Gasteiger partial charge in [0.15, 0.2) is 12.6 Å². The first-order valence-corrected chi connectivity index (χ1v) is 11.9. The fourth-order valence-electron chi connectivity index (χ4n) is 5.02. The van der Waals surface area contributed by atoms with Crippen molar-refractivity contribution in [3.63, 3.8) is 0 Å². The van der Waals surface area contributed by atoms with E-state index in [0.717, 1.165) is 42.6 Å². The minimum absolute atomic E-state index is 0.148. The molecule has 1 amide bonds. The van der Waals surface area contributed by atoms with Crippen molar-refractivity contribution < 1.29 is 28.3 Å². The number of hydrogen-bond donors (Lipinski definition) is 1. The molecule has 0 spiro atoms. The smallest absolute Gasteiger partial charge is 0.362 e. The predicted molar refractivity (Wildman–Crippen MR) is 130 cm³/mol. The molecule has 3 rings (SSSR count). The molecule has 7 heteroatoms. The van der Waals surface area contributed by atoms with E-state index in [2.05, 4.69) is 5.32 Å². The number of quaternary nitrogens is 1. The summed E-state index contributed by atoms with van der Waals surface area (Å²) in [5, 5.41) is 3.00. The van der Waals surface area contributed by atoms with Crippen molar-refractivity contribution in [2.45, 2.75) is 52.7 Å². The van der Waals surface area contributed by atoms with Crippen LogP contribution in [-0.2, 0) is 25.7 Å². The number of carbonyl (C=O) groups is 3. The zero-order chi connectivity index (χ0) is 24.7. The van der Waals surface area contributed by atoms with Crippen LogP contribution < -0.4 is 5.32 Å². The Balaban J connectivity index is 1.79. The molecule has 7 nitrogen and oxygen atoms in total. The van der Waals surface area contributed by atoms with Gasteiger partial charge in [0.05, 0.1) is 31.5 Å². The summed E-state index contributed by atoms with van der Waals surface area (Å²) in [7, 11) is 1.33. The van der Waals surface area contributed by atoms with E-state index in [4.69, 9.17) is 9.47 Å². The number of hydrogen-bond acceptors (Lipinski definition) is 5.